The van der Waals surface area contributed by atoms with Gasteiger partial charge in [-0.15, -0.1) is 11.3 Å². The van der Waals surface area contributed by atoms with Gasteiger partial charge in [-0.1, -0.05) is 20.8 Å². The van der Waals surface area contributed by atoms with E-state index >= 15 is 0 Å². The lowest BCUT2D eigenvalue weighted by atomic mass is 9.97. The summed E-state index contributed by atoms with van der Waals surface area (Å²) in [5.41, 5.74) is 1.47. The van der Waals surface area contributed by atoms with E-state index in [1.54, 1.807) is 0 Å². The molecule has 1 N–H and O–H groups in total. The van der Waals surface area contributed by atoms with Crippen molar-refractivity contribution in [1.82, 2.24) is 5.32 Å². The molecule has 0 saturated carbocycles. The summed E-state index contributed by atoms with van der Waals surface area (Å²) in [4.78, 5) is 2.87. The molecule has 2 heteroatoms. The first-order chi connectivity index (χ1) is 7.41. The van der Waals surface area contributed by atoms with Crippen LogP contribution in [0.1, 0.15) is 49.1 Å². The third-order valence-electron chi connectivity index (χ3n) is 3.43. The Labute approximate surface area is 104 Å². The molecule has 1 aromatic heterocycles. The van der Waals surface area contributed by atoms with Crippen LogP contribution in [0.5, 0.6) is 0 Å². The Hall–Kier alpha value is -0.340. The molecule has 1 nitrogen and oxygen atoms in total. The van der Waals surface area contributed by atoms with E-state index in [1.807, 2.05) is 11.3 Å². The Morgan fingerprint density at radius 2 is 1.81 bits per heavy atom. The average molecular weight is 239 g/mol. The molecule has 0 aromatic carbocycles. The molecule has 1 aromatic rings. The molecule has 0 aliphatic rings. The highest BCUT2D eigenvalue weighted by Gasteiger charge is 2.13. The molecule has 0 fully saturated rings. The van der Waals surface area contributed by atoms with Crippen molar-refractivity contribution in [3.63, 3.8) is 0 Å². The van der Waals surface area contributed by atoms with Crippen LogP contribution in [-0.2, 0) is 0 Å². The molecule has 0 radical (unpaired) electrons. The maximum absolute atomic E-state index is 3.64. The van der Waals surface area contributed by atoms with Gasteiger partial charge in [0.25, 0.3) is 0 Å². The molecule has 0 bridgehead atoms. The van der Waals surface area contributed by atoms with Crippen LogP contribution in [-0.4, -0.2) is 6.54 Å². The minimum absolute atomic E-state index is 0.478. The minimum atomic E-state index is 0.478. The monoisotopic (exact) mass is 239 g/mol. The van der Waals surface area contributed by atoms with Gasteiger partial charge in [0.1, 0.15) is 0 Å². The second kappa shape index (κ2) is 5.83. The van der Waals surface area contributed by atoms with E-state index in [2.05, 4.69) is 52.9 Å². The number of thiophene rings is 1. The SMILES string of the molecule is Cc1cc(C(C)NCC(C)C(C)C)c(C)s1. The summed E-state index contributed by atoms with van der Waals surface area (Å²) >= 11 is 1.90. The number of hydrogen-bond acceptors (Lipinski definition) is 2. The third-order valence-corrected chi connectivity index (χ3v) is 4.41. The van der Waals surface area contributed by atoms with Gasteiger partial charge in [0, 0.05) is 15.8 Å². The smallest absolute Gasteiger partial charge is 0.0302 e. The van der Waals surface area contributed by atoms with Gasteiger partial charge < -0.3 is 5.32 Å². The van der Waals surface area contributed by atoms with Crippen molar-refractivity contribution in [3.05, 3.63) is 21.4 Å². The second-order valence-electron chi connectivity index (χ2n) is 5.22. The molecule has 2 unspecified atom stereocenters. The predicted octanol–water partition coefficient (Wildman–Crippen LogP) is 4.31. The van der Waals surface area contributed by atoms with Gasteiger partial charge in [-0.3, -0.25) is 0 Å². The van der Waals surface area contributed by atoms with E-state index < -0.39 is 0 Å². The van der Waals surface area contributed by atoms with Crippen molar-refractivity contribution in [2.45, 2.75) is 47.6 Å². The summed E-state index contributed by atoms with van der Waals surface area (Å²) < 4.78 is 0. The summed E-state index contributed by atoms with van der Waals surface area (Å²) in [5.74, 6) is 1.49. The van der Waals surface area contributed by atoms with Crippen molar-refractivity contribution >= 4 is 11.3 Å². The van der Waals surface area contributed by atoms with Crippen LogP contribution in [0.4, 0.5) is 0 Å². The van der Waals surface area contributed by atoms with Crippen LogP contribution in [0.25, 0.3) is 0 Å². The molecular formula is C14H25NS. The van der Waals surface area contributed by atoms with Gasteiger partial charge in [0.2, 0.25) is 0 Å². The van der Waals surface area contributed by atoms with Crippen molar-refractivity contribution in [2.75, 3.05) is 6.54 Å². The van der Waals surface area contributed by atoms with Gasteiger partial charge in [0.05, 0.1) is 0 Å². The van der Waals surface area contributed by atoms with Crippen LogP contribution in [0.3, 0.4) is 0 Å². The fourth-order valence-corrected chi connectivity index (χ4v) is 2.81. The van der Waals surface area contributed by atoms with Crippen LogP contribution in [0.15, 0.2) is 6.07 Å². The lowest BCUT2D eigenvalue weighted by Crippen LogP contribution is -2.26. The zero-order valence-corrected chi connectivity index (χ0v) is 12.2. The van der Waals surface area contributed by atoms with Crippen molar-refractivity contribution in [3.8, 4) is 0 Å². The molecule has 0 aliphatic heterocycles. The molecule has 16 heavy (non-hydrogen) atoms. The summed E-state index contributed by atoms with van der Waals surface area (Å²) in [7, 11) is 0. The molecule has 1 heterocycles. The van der Waals surface area contributed by atoms with Crippen molar-refractivity contribution in [1.29, 1.82) is 0 Å². The van der Waals surface area contributed by atoms with Gasteiger partial charge in [-0.2, -0.15) is 0 Å². The van der Waals surface area contributed by atoms with E-state index in [4.69, 9.17) is 0 Å². The predicted molar refractivity (Wildman–Crippen MR) is 74.2 cm³/mol. The van der Waals surface area contributed by atoms with Crippen LogP contribution >= 0.6 is 11.3 Å². The number of rotatable bonds is 5. The molecule has 0 spiro atoms. The first-order valence-corrected chi connectivity index (χ1v) is 7.03. The molecule has 0 saturated heterocycles. The first kappa shape index (κ1) is 13.7. The fraction of sp³-hybridized carbons (Fsp3) is 0.714. The maximum atomic E-state index is 3.64. The summed E-state index contributed by atoms with van der Waals surface area (Å²) in [6.07, 6.45) is 0. The molecule has 92 valence electrons. The van der Waals surface area contributed by atoms with Gasteiger partial charge >= 0.3 is 0 Å². The zero-order chi connectivity index (χ0) is 12.3. The Kier molecular flexibility index (Phi) is 5.00. The Balaban J connectivity index is 2.53. The van der Waals surface area contributed by atoms with Crippen LogP contribution in [0.2, 0.25) is 0 Å². The van der Waals surface area contributed by atoms with E-state index in [9.17, 15) is 0 Å². The third kappa shape index (κ3) is 3.60. The van der Waals surface area contributed by atoms with E-state index in [0.717, 1.165) is 18.4 Å². The maximum Gasteiger partial charge on any atom is 0.0302 e. The van der Waals surface area contributed by atoms with Gasteiger partial charge in [-0.05, 0) is 50.8 Å². The lowest BCUT2D eigenvalue weighted by Gasteiger charge is -2.20. The molecule has 0 aliphatic carbocycles. The second-order valence-corrected chi connectivity index (χ2v) is 6.68. The van der Waals surface area contributed by atoms with E-state index in [-0.39, 0.29) is 0 Å². The van der Waals surface area contributed by atoms with Crippen molar-refractivity contribution < 1.29 is 0 Å². The summed E-state index contributed by atoms with van der Waals surface area (Å²) in [6.45, 7) is 14.7. The number of nitrogens with one attached hydrogen (secondary N) is 1. The van der Waals surface area contributed by atoms with Crippen LogP contribution in [0, 0.1) is 25.7 Å². The summed E-state index contributed by atoms with van der Waals surface area (Å²) in [5, 5.41) is 3.64. The van der Waals surface area contributed by atoms with Crippen LogP contribution < -0.4 is 5.32 Å². The molecule has 0 amide bonds. The molecule has 2 atom stereocenters. The normalized spacial score (nSPS) is 15.4. The highest BCUT2D eigenvalue weighted by molar-refractivity contribution is 7.12. The zero-order valence-electron chi connectivity index (χ0n) is 11.4. The largest absolute Gasteiger partial charge is 0.310 e. The quantitative estimate of drug-likeness (QED) is 0.807. The molecule has 1 rings (SSSR count). The van der Waals surface area contributed by atoms with Gasteiger partial charge in [0.15, 0.2) is 0 Å². The summed E-state index contributed by atoms with van der Waals surface area (Å²) in [6, 6.07) is 2.80. The first-order valence-electron chi connectivity index (χ1n) is 6.22. The minimum Gasteiger partial charge on any atom is -0.310 e. The number of hydrogen-bond donors (Lipinski definition) is 1. The standard InChI is InChI=1S/C14H25NS/c1-9(2)10(3)8-15-12(5)14-7-11(4)16-13(14)6/h7,9-10,12,15H,8H2,1-6H3. The van der Waals surface area contributed by atoms with E-state index in [0.29, 0.717) is 6.04 Å². The topological polar surface area (TPSA) is 12.0 Å². The van der Waals surface area contributed by atoms with Crippen molar-refractivity contribution in [2.24, 2.45) is 11.8 Å². The molecular weight excluding hydrogens is 214 g/mol. The van der Waals surface area contributed by atoms with Gasteiger partial charge in [-0.25, -0.2) is 0 Å². The highest BCUT2D eigenvalue weighted by atomic mass is 32.1. The number of aryl methyl sites for hydroxylation is 2. The Morgan fingerprint density at radius 3 is 2.25 bits per heavy atom. The average Bonchev–Trinajstić information content (AvgIpc) is 2.53. The highest BCUT2D eigenvalue weighted by Crippen LogP contribution is 2.26. The Morgan fingerprint density at radius 1 is 1.19 bits per heavy atom. The lowest BCUT2D eigenvalue weighted by molar-refractivity contribution is 0.375. The Bertz CT molecular complexity index is 327. The van der Waals surface area contributed by atoms with E-state index in [1.165, 1.54) is 15.3 Å². The fourth-order valence-electron chi connectivity index (χ4n) is 1.79.